The normalized spacial score (nSPS) is 8.75. The Labute approximate surface area is 66.2 Å². The van der Waals surface area contributed by atoms with Crippen molar-refractivity contribution in [2.45, 2.75) is 6.92 Å². The molecular formula is C3H6N4O5. The van der Waals surface area contributed by atoms with Crippen molar-refractivity contribution in [1.82, 2.24) is 10.4 Å². The molecule has 0 radical (unpaired) electrons. The monoisotopic (exact) mass is 178 g/mol. The second-order valence-electron chi connectivity index (χ2n) is 1.60. The summed E-state index contributed by atoms with van der Waals surface area (Å²) >= 11 is 0. The van der Waals surface area contributed by atoms with Crippen molar-refractivity contribution < 1.29 is 14.9 Å². The summed E-state index contributed by atoms with van der Waals surface area (Å²) in [5.41, 5.74) is 0. The number of nitro groups is 2. The predicted octanol–water partition coefficient (Wildman–Crippen LogP) is -0.599. The Morgan fingerprint density at radius 1 is 1.42 bits per heavy atom. The van der Waals surface area contributed by atoms with Crippen LogP contribution in [0.5, 0.6) is 0 Å². The first kappa shape index (κ1) is 10.1. The van der Waals surface area contributed by atoms with Gasteiger partial charge >= 0.3 is 6.03 Å². The molecule has 1 N–H and O–H groups in total. The van der Waals surface area contributed by atoms with Crippen LogP contribution in [-0.2, 0) is 0 Å². The van der Waals surface area contributed by atoms with Crippen molar-refractivity contribution in [3.63, 3.8) is 0 Å². The van der Waals surface area contributed by atoms with E-state index in [1.165, 1.54) is 6.92 Å². The minimum atomic E-state index is -1.41. The Kier molecular flexibility index (Phi) is 3.40. The third-order valence-electron chi connectivity index (χ3n) is 0.819. The first-order chi connectivity index (χ1) is 5.50. The van der Waals surface area contributed by atoms with Crippen molar-refractivity contribution in [3.8, 4) is 0 Å². The third kappa shape index (κ3) is 2.36. The van der Waals surface area contributed by atoms with Gasteiger partial charge < -0.3 is 5.32 Å². The van der Waals surface area contributed by atoms with Crippen molar-refractivity contribution in [1.29, 1.82) is 0 Å². The molecule has 0 fully saturated rings. The molecule has 0 unspecified atom stereocenters. The van der Waals surface area contributed by atoms with E-state index in [1.807, 2.05) is 5.32 Å². The van der Waals surface area contributed by atoms with E-state index >= 15 is 0 Å². The largest absolute Gasteiger partial charge is 0.451 e. The number of nitrogens with one attached hydrogen (secondary N) is 1. The zero-order chi connectivity index (χ0) is 9.72. The van der Waals surface area contributed by atoms with E-state index in [4.69, 9.17) is 0 Å². The van der Waals surface area contributed by atoms with Crippen molar-refractivity contribution >= 4 is 6.03 Å². The number of nitrogens with zero attached hydrogens (tertiary/aromatic N) is 3. The minimum absolute atomic E-state index is 0.0804. The van der Waals surface area contributed by atoms with Gasteiger partial charge in [0.2, 0.25) is 10.1 Å². The molecule has 0 aromatic carbocycles. The summed E-state index contributed by atoms with van der Waals surface area (Å²) in [5, 5.41) is 18.1. The van der Waals surface area contributed by atoms with Crippen molar-refractivity contribution in [3.05, 3.63) is 20.2 Å². The fourth-order valence-corrected chi connectivity index (χ4v) is 0.430. The molecule has 9 heteroatoms. The zero-order valence-corrected chi connectivity index (χ0v) is 6.09. The molecule has 0 aliphatic carbocycles. The molecule has 0 heterocycles. The molecule has 0 bridgehead atoms. The highest BCUT2D eigenvalue weighted by atomic mass is 16.8. The van der Waals surface area contributed by atoms with E-state index in [9.17, 15) is 25.0 Å². The molecule has 9 nitrogen and oxygen atoms in total. The SMILES string of the molecule is CCNC(=O)N([N+](=O)[O-])[N+](=O)[O-]. The number of carbonyl (C=O) groups is 1. The Hall–Kier alpha value is -1.93. The minimum Gasteiger partial charge on any atom is -0.328 e. The number of hydrogen-bond acceptors (Lipinski definition) is 5. The van der Waals surface area contributed by atoms with Crippen LogP contribution in [0.2, 0.25) is 0 Å². The third-order valence-corrected chi connectivity index (χ3v) is 0.819. The Bertz CT molecular complexity index is 201. The van der Waals surface area contributed by atoms with Crippen LogP contribution >= 0.6 is 0 Å². The predicted molar refractivity (Wildman–Crippen MR) is 34.9 cm³/mol. The highest BCUT2D eigenvalue weighted by molar-refractivity contribution is 5.71. The average molecular weight is 178 g/mol. The number of urea groups is 1. The summed E-state index contributed by atoms with van der Waals surface area (Å²) in [6.07, 6.45) is 0. The summed E-state index contributed by atoms with van der Waals surface area (Å²) in [5.74, 6) is 0. The van der Waals surface area contributed by atoms with Gasteiger partial charge in [-0.15, -0.1) is 0 Å². The quantitative estimate of drug-likeness (QED) is 0.457. The van der Waals surface area contributed by atoms with E-state index in [-0.39, 0.29) is 6.54 Å². The van der Waals surface area contributed by atoms with Crippen LogP contribution in [-0.4, -0.2) is 27.8 Å². The lowest BCUT2D eigenvalue weighted by atomic mass is 10.7. The van der Waals surface area contributed by atoms with Gasteiger partial charge in [-0.05, 0) is 6.92 Å². The van der Waals surface area contributed by atoms with Crippen LogP contribution in [0.4, 0.5) is 4.79 Å². The van der Waals surface area contributed by atoms with Gasteiger partial charge in [0.15, 0.2) is 0 Å². The fraction of sp³-hybridized carbons (Fsp3) is 0.667. The summed E-state index contributed by atoms with van der Waals surface area (Å²) in [4.78, 5) is 30.3. The standard InChI is InChI=1S/C3H6N4O5/c1-2-4-3(8)5(6(9)10)7(11)12/h2H2,1H3,(H,4,8). The molecule has 0 atom stereocenters. The summed E-state index contributed by atoms with van der Waals surface area (Å²) in [6, 6.07) is -1.37. The maximum Gasteiger partial charge on any atom is 0.451 e. The summed E-state index contributed by atoms with van der Waals surface area (Å²) in [6.45, 7) is 1.56. The van der Waals surface area contributed by atoms with Crippen LogP contribution in [0.25, 0.3) is 0 Å². The van der Waals surface area contributed by atoms with Gasteiger partial charge in [0, 0.05) is 6.54 Å². The number of carbonyl (C=O) groups excluding carboxylic acids is 1. The van der Waals surface area contributed by atoms with Gasteiger partial charge in [-0.25, -0.2) is 25.0 Å². The smallest absolute Gasteiger partial charge is 0.328 e. The molecule has 12 heavy (non-hydrogen) atoms. The van der Waals surface area contributed by atoms with Gasteiger partial charge in [0.25, 0.3) is 5.12 Å². The fourth-order valence-electron chi connectivity index (χ4n) is 0.430. The first-order valence-corrected chi connectivity index (χ1v) is 2.87. The molecule has 68 valence electrons. The van der Waals surface area contributed by atoms with E-state index < -0.39 is 21.2 Å². The average Bonchev–Trinajstić information content (AvgIpc) is 1.85. The molecule has 0 saturated heterocycles. The van der Waals surface area contributed by atoms with Gasteiger partial charge in [0.05, 0.1) is 0 Å². The topological polar surface area (TPSA) is 119 Å². The Morgan fingerprint density at radius 3 is 2.08 bits per heavy atom. The van der Waals surface area contributed by atoms with Gasteiger partial charge in [-0.3, -0.25) is 0 Å². The van der Waals surface area contributed by atoms with Gasteiger partial charge in [-0.1, -0.05) is 0 Å². The second-order valence-corrected chi connectivity index (χ2v) is 1.60. The van der Waals surface area contributed by atoms with E-state index in [1.54, 1.807) is 0 Å². The maximum absolute atomic E-state index is 10.6. The molecule has 0 rings (SSSR count). The molecule has 0 spiro atoms. The Balaban J connectivity index is 4.41. The van der Waals surface area contributed by atoms with Crippen molar-refractivity contribution in [2.75, 3.05) is 6.54 Å². The second kappa shape index (κ2) is 4.05. The maximum atomic E-state index is 10.6. The lowest BCUT2D eigenvalue weighted by molar-refractivity contribution is -0.883. The molecule has 0 aliphatic heterocycles. The summed E-state index contributed by atoms with van der Waals surface area (Å²) in [7, 11) is 0. The Morgan fingerprint density at radius 2 is 1.83 bits per heavy atom. The highest BCUT2D eigenvalue weighted by Gasteiger charge is 2.36. The van der Waals surface area contributed by atoms with Gasteiger partial charge in [0.1, 0.15) is 0 Å². The number of rotatable bonds is 3. The van der Waals surface area contributed by atoms with Crippen LogP contribution in [0.15, 0.2) is 0 Å². The molecular weight excluding hydrogens is 172 g/mol. The van der Waals surface area contributed by atoms with Crippen LogP contribution in [0, 0.1) is 20.2 Å². The van der Waals surface area contributed by atoms with Crippen LogP contribution < -0.4 is 5.32 Å². The van der Waals surface area contributed by atoms with E-state index in [2.05, 4.69) is 0 Å². The zero-order valence-electron chi connectivity index (χ0n) is 6.09. The van der Waals surface area contributed by atoms with E-state index in [0.717, 1.165) is 0 Å². The van der Waals surface area contributed by atoms with E-state index in [0.29, 0.717) is 0 Å². The van der Waals surface area contributed by atoms with Crippen LogP contribution in [0.3, 0.4) is 0 Å². The highest BCUT2D eigenvalue weighted by Crippen LogP contribution is 1.89. The first-order valence-electron chi connectivity index (χ1n) is 2.87. The number of hydrogen-bond donors (Lipinski definition) is 1. The molecule has 0 saturated carbocycles. The molecule has 2 amide bonds. The molecule has 0 aliphatic rings. The lowest BCUT2D eigenvalue weighted by Gasteiger charge is -2.01. The van der Waals surface area contributed by atoms with Crippen LogP contribution in [0.1, 0.15) is 6.92 Å². The molecule has 0 aromatic rings. The van der Waals surface area contributed by atoms with Crippen molar-refractivity contribution in [2.24, 2.45) is 0 Å². The lowest BCUT2D eigenvalue weighted by Crippen LogP contribution is -2.46. The van der Waals surface area contributed by atoms with Gasteiger partial charge in [-0.2, -0.15) is 0 Å². The summed E-state index contributed by atoms with van der Waals surface area (Å²) < 4.78 is 0. The number of amides is 2. The molecule has 0 aromatic heterocycles. The number of hydrazine groups is 2.